The molecule has 1 aromatic carbocycles. The average Bonchev–Trinajstić information content (AvgIpc) is 2.53. The quantitative estimate of drug-likeness (QED) is 0.491. The Morgan fingerprint density at radius 3 is 2.62 bits per heavy atom. The molecule has 0 unspecified atom stereocenters. The average molecular weight is 336 g/mol. The van der Waals surface area contributed by atoms with Crippen LogP contribution in [0, 0.1) is 0 Å². The van der Waals surface area contributed by atoms with Crippen LogP contribution in [0.25, 0.3) is 0 Å². The molecule has 0 spiro atoms. The van der Waals surface area contributed by atoms with Gasteiger partial charge in [-0.05, 0) is 37.0 Å². The fourth-order valence-corrected chi connectivity index (χ4v) is 2.58. The highest BCUT2D eigenvalue weighted by molar-refractivity contribution is 5.79. The Hall–Kier alpha value is -2.04. The summed E-state index contributed by atoms with van der Waals surface area (Å²) in [5.41, 5.74) is 0.924. The third kappa shape index (κ3) is 7.49. The summed E-state index contributed by atoms with van der Waals surface area (Å²) >= 11 is 0. The summed E-state index contributed by atoms with van der Waals surface area (Å²) in [6.07, 6.45) is 4.72. The van der Waals surface area contributed by atoms with Gasteiger partial charge in [-0.3, -0.25) is 9.59 Å². The number of unbranched alkanes of at least 4 members (excludes halogenated alkanes) is 2. The topological polar surface area (TPSA) is 72.8 Å². The SMILES string of the molecule is CCCCC[C@H](CC(=O)CCc1ccc(O)c(OC)c1)OC(C)=O. The van der Waals surface area contributed by atoms with E-state index in [9.17, 15) is 14.7 Å². The summed E-state index contributed by atoms with van der Waals surface area (Å²) in [6, 6.07) is 5.06. The predicted octanol–water partition coefficient (Wildman–Crippen LogP) is 3.80. The van der Waals surface area contributed by atoms with Gasteiger partial charge < -0.3 is 14.6 Å². The Balaban J connectivity index is 2.51. The Morgan fingerprint density at radius 2 is 2.00 bits per heavy atom. The van der Waals surface area contributed by atoms with Crippen molar-refractivity contribution in [1.82, 2.24) is 0 Å². The lowest BCUT2D eigenvalue weighted by Gasteiger charge is -2.16. The third-order valence-corrected chi connectivity index (χ3v) is 3.85. The number of aryl methyl sites for hydroxylation is 1. The fourth-order valence-electron chi connectivity index (χ4n) is 2.58. The van der Waals surface area contributed by atoms with Gasteiger partial charge in [0, 0.05) is 19.8 Å². The summed E-state index contributed by atoms with van der Waals surface area (Å²) in [4.78, 5) is 23.4. The first-order valence-corrected chi connectivity index (χ1v) is 8.51. The molecule has 0 bridgehead atoms. The van der Waals surface area contributed by atoms with Crippen LogP contribution in [0.4, 0.5) is 0 Å². The van der Waals surface area contributed by atoms with E-state index in [4.69, 9.17) is 9.47 Å². The smallest absolute Gasteiger partial charge is 0.302 e. The van der Waals surface area contributed by atoms with Gasteiger partial charge in [0.25, 0.3) is 0 Å². The molecule has 24 heavy (non-hydrogen) atoms. The number of phenols is 1. The van der Waals surface area contributed by atoms with Gasteiger partial charge in [0.05, 0.1) is 7.11 Å². The van der Waals surface area contributed by atoms with Crippen LogP contribution in [0.15, 0.2) is 18.2 Å². The fraction of sp³-hybridized carbons (Fsp3) is 0.579. The summed E-state index contributed by atoms with van der Waals surface area (Å²) in [5, 5.41) is 9.58. The first-order valence-electron chi connectivity index (χ1n) is 8.51. The third-order valence-electron chi connectivity index (χ3n) is 3.85. The molecule has 0 aromatic heterocycles. The van der Waals surface area contributed by atoms with Crippen molar-refractivity contribution in [3.05, 3.63) is 23.8 Å². The maximum Gasteiger partial charge on any atom is 0.302 e. The monoisotopic (exact) mass is 336 g/mol. The molecule has 1 rings (SSSR count). The van der Waals surface area contributed by atoms with Gasteiger partial charge in [-0.2, -0.15) is 0 Å². The van der Waals surface area contributed by atoms with Crippen molar-refractivity contribution in [3.63, 3.8) is 0 Å². The maximum absolute atomic E-state index is 12.2. The normalized spacial score (nSPS) is 11.8. The highest BCUT2D eigenvalue weighted by Gasteiger charge is 2.16. The molecule has 0 heterocycles. The van der Waals surface area contributed by atoms with Crippen LogP contribution in [-0.4, -0.2) is 30.1 Å². The number of carbonyl (C=O) groups is 2. The van der Waals surface area contributed by atoms with E-state index in [1.165, 1.54) is 14.0 Å². The van der Waals surface area contributed by atoms with Crippen molar-refractivity contribution in [2.45, 2.75) is 64.9 Å². The molecule has 0 fully saturated rings. The van der Waals surface area contributed by atoms with Gasteiger partial charge in [-0.25, -0.2) is 0 Å². The number of aromatic hydroxyl groups is 1. The van der Waals surface area contributed by atoms with E-state index in [2.05, 4.69) is 6.92 Å². The van der Waals surface area contributed by atoms with Crippen molar-refractivity contribution >= 4 is 11.8 Å². The van der Waals surface area contributed by atoms with Crippen LogP contribution in [0.2, 0.25) is 0 Å². The maximum atomic E-state index is 12.2. The molecule has 1 aromatic rings. The number of carbonyl (C=O) groups excluding carboxylic acids is 2. The first-order chi connectivity index (χ1) is 11.5. The lowest BCUT2D eigenvalue weighted by atomic mass is 10.0. The zero-order valence-electron chi connectivity index (χ0n) is 14.8. The number of hydrogen-bond donors (Lipinski definition) is 1. The lowest BCUT2D eigenvalue weighted by molar-refractivity contribution is -0.148. The summed E-state index contributed by atoms with van der Waals surface area (Å²) in [6.45, 7) is 3.48. The number of phenolic OH excluding ortho intramolecular Hbond substituents is 1. The van der Waals surface area contributed by atoms with E-state index >= 15 is 0 Å². The molecule has 134 valence electrons. The highest BCUT2D eigenvalue weighted by atomic mass is 16.5. The zero-order chi connectivity index (χ0) is 17.9. The van der Waals surface area contributed by atoms with Crippen LogP contribution >= 0.6 is 0 Å². The van der Waals surface area contributed by atoms with Crippen molar-refractivity contribution in [2.75, 3.05) is 7.11 Å². The Labute approximate surface area is 144 Å². The number of methoxy groups -OCH3 is 1. The van der Waals surface area contributed by atoms with E-state index in [-0.39, 0.29) is 30.0 Å². The summed E-state index contributed by atoms with van der Waals surface area (Å²) in [5.74, 6) is 0.216. The van der Waals surface area contributed by atoms with E-state index in [1.807, 2.05) is 0 Å². The minimum absolute atomic E-state index is 0.0739. The summed E-state index contributed by atoms with van der Waals surface area (Å²) in [7, 11) is 1.49. The molecular formula is C19H28O5. The molecule has 0 aliphatic heterocycles. The zero-order valence-corrected chi connectivity index (χ0v) is 14.8. The van der Waals surface area contributed by atoms with Crippen molar-refractivity contribution in [1.29, 1.82) is 0 Å². The number of hydrogen-bond acceptors (Lipinski definition) is 5. The molecule has 0 saturated carbocycles. The Kier molecular flexibility index (Phi) is 8.90. The number of benzene rings is 1. The minimum Gasteiger partial charge on any atom is -0.504 e. The van der Waals surface area contributed by atoms with Crippen molar-refractivity contribution < 1.29 is 24.2 Å². The predicted molar refractivity (Wildman–Crippen MR) is 92.3 cm³/mol. The number of esters is 1. The molecule has 1 atom stereocenters. The van der Waals surface area contributed by atoms with E-state index in [0.717, 1.165) is 31.2 Å². The Morgan fingerprint density at radius 1 is 1.25 bits per heavy atom. The molecule has 0 saturated heterocycles. The summed E-state index contributed by atoms with van der Waals surface area (Å²) < 4.78 is 10.3. The molecular weight excluding hydrogens is 308 g/mol. The highest BCUT2D eigenvalue weighted by Crippen LogP contribution is 2.26. The van der Waals surface area contributed by atoms with Gasteiger partial charge in [-0.15, -0.1) is 0 Å². The second kappa shape index (κ2) is 10.7. The second-order valence-corrected chi connectivity index (χ2v) is 5.98. The molecule has 0 aliphatic carbocycles. The first kappa shape index (κ1) is 20.0. The van der Waals surface area contributed by atoms with Crippen LogP contribution in [0.5, 0.6) is 11.5 Å². The van der Waals surface area contributed by atoms with Gasteiger partial charge in [0.1, 0.15) is 11.9 Å². The molecule has 0 aliphatic rings. The number of Topliss-reactive ketones (excluding diaryl/α,β-unsaturated/α-hetero) is 1. The van der Waals surface area contributed by atoms with Gasteiger partial charge in [0.2, 0.25) is 0 Å². The molecule has 0 amide bonds. The number of ketones is 1. The van der Waals surface area contributed by atoms with Gasteiger partial charge in [-0.1, -0.05) is 25.8 Å². The van der Waals surface area contributed by atoms with E-state index in [0.29, 0.717) is 18.6 Å². The van der Waals surface area contributed by atoms with Crippen LogP contribution in [0.1, 0.15) is 57.9 Å². The lowest BCUT2D eigenvalue weighted by Crippen LogP contribution is -2.20. The number of rotatable bonds is 11. The van der Waals surface area contributed by atoms with Gasteiger partial charge in [0.15, 0.2) is 11.5 Å². The standard InChI is InChI=1S/C19H28O5/c1-4-5-6-7-17(24-14(2)20)13-16(21)10-8-15-9-11-18(22)19(12-15)23-3/h9,11-12,17,22H,4-8,10,13H2,1-3H3/t17-/m1/s1. The van der Waals surface area contributed by atoms with Crippen molar-refractivity contribution in [2.24, 2.45) is 0 Å². The molecule has 1 N–H and O–H groups in total. The van der Waals surface area contributed by atoms with E-state index in [1.54, 1.807) is 18.2 Å². The van der Waals surface area contributed by atoms with E-state index < -0.39 is 0 Å². The molecule has 0 radical (unpaired) electrons. The minimum atomic E-state index is -0.340. The van der Waals surface area contributed by atoms with Gasteiger partial charge >= 0.3 is 5.97 Å². The van der Waals surface area contributed by atoms with Crippen LogP contribution in [-0.2, 0) is 20.7 Å². The van der Waals surface area contributed by atoms with Crippen LogP contribution < -0.4 is 4.74 Å². The van der Waals surface area contributed by atoms with Crippen LogP contribution in [0.3, 0.4) is 0 Å². The number of ether oxygens (including phenoxy) is 2. The van der Waals surface area contributed by atoms with Crippen molar-refractivity contribution in [3.8, 4) is 11.5 Å². The largest absolute Gasteiger partial charge is 0.504 e. The molecule has 5 nitrogen and oxygen atoms in total. The second-order valence-electron chi connectivity index (χ2n) is 5.98. The Bertz CT molecular complexity index is 539. The molecule has 5 heteroatoms.